The van der Waals surface area contributed by atoms with Gasteiger partial charge in [0, 0.05) is 51.6 Å². The normalized spacial score (nSPS) is 11.3. The van der Waals surface area contributed by atoms with Gasteiger partial charge in [0.2, 0.25) is 0 Å². The molecule has 11 rings (SSSR count). The predicted molar refractivity (Wildman–Crippen MR) is 259 cm³/mol. The molecule has 0 atom stereocenters. The average Bonchev–Trinajstić information content (AvgIpc) is 3.88. The summed E-state index contributed by atoms with van der Waals surface area (Å²) in [5, 5.41) is 2.38. The van der Waals surface area contributed by atoms with Crippen molar-refractivity contribution in [1.29, 1.82) is 0 Å². The van der Waals surface area contributed by atoms with E-state index >= 15 is 0 Å². The molecule has 62 heavy (non-hydrogen) atoms. The fraction of sp³-hybridized carbons (Fsp3) is 0.0172. The van der Waals surface area contributed by atoms with Crippen molar-refractivity contribution in [2.45, 2.75) is 0 Å². The van der Waals surface area contributed by atoms with Gasteiger partial charge in [-0.25, -0.2) is 4.98 Å². The molecule has 0 aliphatic rings. The van der Waals surface area contributed by atoms with Gasteiger partial charge in [-0.3, -0.25) is 0 Å². The molecule has 0 saturated carbocycles. The standard InChI is InChI=1S/C58H42N4/c1-60-57(44-26-13-5-14-27-44)56(43-24-11-4-12-25-43)59-58(60)45-34-36-49(37-35-45)62-52-31-18-17-30-51(52)55-53(32-19-33-54(55)62)61(48-28-15-6-16-29-48)50-39-46(41-20-7-2-8-21-41)38-47(40-50)42-22-9-3-10-23-42/h2-40H,1H3. The first-order valence-electron chi connectivity index (χ1n) is 21.1. The Hall–Kier alpha value is -8.21. The second-order valence-corrected chi connectivity index (χ2v) is 15.7. The first kappa shape index (κ1) is 36.8. The van der Waals surface area contributed by atoms with E-state index in [9.17, 15) is 0 Å². The number of para-hydroxylation sites is 2. The first-order valence-corrected chi connectivity index (χ1v) is 21.1. The van der Waals surface area contributed by atoms with Crippen LogP contribution >= 0.6 is 0 Å². The summed E-state index contributed by atoms with van der Waals surface area (Å²) in [6.45, 7) is 0. The van der Waals surface area contributed by atoms with E-state index in [0.717, 1.165) is 78.8 Å². The van der Waals surface area contributed by atoms with Crippen molar-refractivity contribution in [2.75, 3.05) is 4.90 Å². The molecule has 294 valence electrons. The molecule has 9 aromatic carbocycles. The van der Waals surface area contributed by atoms with Gasteiger partial charge in [0.25, 0.3) is 0 Å². The molecule has 0 amide bonds. The lowest BCUT2D eigenvalue weighted by Crippen LogP contribution is -2.11. The van der Waals surface area contributed by atoms with E-state index in [4.69, 9.17) is 4.98 Å². The third-order valence-corrected chi connectivity index (χ3v) is 11.9. The molecule has 0 radical (unpaired) electrons. The molecule has 0 fully saturated rings. The largest absolute Gasteiger partial charge is 0.327 e. The lowest BCUT2D eigenvalue weighted by atomic mass is 9.97. The van der Waals surface area contributed by atoms with Crippen molar-refractivity contribution in [1.82, 2.24) is 14.1 Å². The molecule has 4 nitrogen and oxygen atoms in total. The Balaban J connectivity index is 1.08. The monoisotopic (exact) mass is 794 g/mol. The van der Waals surface area contributed by atoms with Crippen molar-refractivity contribution in [3.63, 3.8) is 0 Å². The average molecular weight is 795 g/mol. The number of anilines is 3. The van der Waals surface area contributed by atoms with Crippen molar-refractivity contribution in [3.05, 3.63) is 237 Å². The lowest BCUT2D eigenvalue weighted by molar-refractivity contribution is 0.933. The van der Waals surface area contributed by atoms with Crippen molar-refractivity contribution in [2.24, 2.45) is 7.05 Å². The van der Waals surface area contributed by atoms with Gasteiger partial charge in [0.15, 0.2) is 0 Å². The van der Waals surface area contributed by atoms with Gasteiger partial charge < -0.3 is 14.0 Å². The molecular weight excluding hydrogens is 753 g/mol. The van der Waals surface area contributed by atoms with Gasteiger partial charge in [-0.05, 0) is 95.1 Å². The molecule has 0 aliphatic heterocycles. The summed E-state index contributed by atoms with van der Waals surface area (Å²) >= 11 is 0. The molecule has 2 aromatic heterocycles. The second kappa shape index (κ2) is 15.8. The second-order valence-electron chi connectivity index (χ2n) is 15.7. The number of aromatic nitrogens is 3. The molecule has 0 aliphatic carbocycles. The highest BCUT2D eigenvalue weighted by atomic mass is 15.1. The summed E-state index contributed by atoms with van der Waals surface area (Å²) in [5.41, 5.74) is 16.7. The highest BCUT2D eigenvalue weighted by Crippen LogP contribution is 2.46. The summed E-state index contributed by atoms with van der Waals surface area (Å²) in [6, 6.07) is 84.5. The fourth-order valence-corrected chi connectivity index (χ4v) is 9.04. The van der Waals surface area contributed by atoms with Crippen LogP contribution in [0.1, 0.15) is 0 Å². The fourth-order valence-electron chi connectivity index (χ4n) is 9.04. The number of rotatable bonds is 9. The zero-order chi connectivity index (χ0) is 41.4. The maximum Gasteiger partial charge on any atom is 0.140 e. The van der Waals surface area contributed by atoms with Crippen LogP contribution in [0.25, 0.3) is 83.6 Å². The van der Waals surface area contributed by atoms with Crippen molar-refractivity contribution < 1.29 is 0 Å². The third kappa shape index (κ3) is 6.55. The molecule has 0 unspecified atom stereocenters. The van der Waals surface area contributed by atoms with Gasteiger partial charge in [-0.2, -0.15) is 0 Å². The number of nitrogens with zero attached hydrogens (tertiary/aromatic N) is 4. The molecule has 11 aromatic rings. The maximum atomic E-state index is 5.31. The SMILES string of the molecule is Cn1c(-c2ccc(-n3c4ccccc4c4c(N(c5ccccc5)c5cc(-c6ccccc6)cc(-c6ccccc6)c5)cccc43)cc2)nc(-c2ccccc2)c1-c1ccccc1. The van der Waals surface area contributed by atoms with Crippen molar-refractivity contribution in [3.8, 4) is 61.8 Å². The summed E-state index contributed by atoms with van der Waals surface area (Å²) in [4.78, 5) is 7.74. The van der Waals surface area contributed by atoms with E-state index in [-0.39, 0.29) is 0 Å². The van der Waals surface area contributed by atoms with Crippen LogP contribution in [0.2, 0.25) is 0 Å². The number of hydrogen-bond acceptors (Lipinski definition) is 2. The topological polar surface area (TPSA) is 26.0 Å². The van der Waals surface area contributed by atoms with Crippen molar-refractivity contribution >= 4 is 38.9 Å². The molecule has 4 heteroatoms. The number of hydrogen-bond donors (Lipinski definition) is 0. The van der Waals surface area contributed by atoms with Crippen LogP contribution in [-0.2, 0) is 7.05 Å². The lowest BCUT2D eigenvalue weighted by Gasteiger charge is -2.28. The van der Waals surface area contributed by atoms with E-state index in [1.54, 1.807) is 0 Å². The van der Waals surface area contributed by atoms with Gasteiger partial charge in [-0.1, -0.05) is 164 Å². The molecule has 0 N–H and O–H groups in total. The molecular formula is C58H42N4. The summed E-state index contributed by atoms with van der Waals surface area (Å²) in [7, 11) is 2.12. The Labute approximate surface area is 361 Å². The van der Waals surface area contributed by atoms with E-state index in [1.807, 2.05) is 0 Å². The Morgan fingerprint density at radius 2 is 0.903 bits per heavy atom. The van der Waals surface area contributed by atoms with Crippen LogP contribution in [0, 0.1) is 0 Å². The minimum absolute atomic E-state index is 0.921. The number of fused-ring (bicyclic) bond motifs is 3. The van der Waals surface area contributed by atoms with Gasteiger partial charge in [0.05, 0.1) is 28.1 Å². The quantitative estimate of drug-likeness (QED) is 0.145. The minimum Gasteiger partial charge on any atom is -0.327 e. The Kier molecular flexibility index (Phi) is 9.36. The summed E-state index contributed by atoms with van der Waals surface area (Å²) < 4.78 is 4.63. The zero-order valence-electron chi connectivity index (χ0n) is 34.3. The van der Waals surface area contributed by atoms with Gasteiger partial charge >= 0.3 is 0 Å². The van der Waals surface area contributed by atoms with Crippen LogP contribution in [0.4, 0.5) is 17.1 Å². The highest BCUT2D eigenvalue weighted by Gasteiger charge is 2.23. The predicted octanol–water partition coefficient (Wildman–Crippen LogP) is 15.3. The smallest absolute Gasteiger partial charge is 0.140 e. The Morgan fingerprint density at radius 3 is 1.52 bits per heavy atom. The molecule has 2 heterocycles. The van der Waals surface area contributed by atoms with Crippen LogP contribution in [0.3, 0.4) is 0 Å². The summed E-state index contributed by atoms with van der Waals surface area (Å²) in [5.74, 6) is 0.921. The van der Waals surface area contributed by atoms with Crippen LogP contribution < -0.4 is 4.90 Å². The van der Waals surface area contributed by atoms with E-state index in [0.29, 0.717) is 0 Å². The zero-order valence-corrected chi connectivity index (χ0v) is 34.3. The maximum absolute atomic E-state index is 5.31. The van der Waals surface area contributed by atoms with Crippen LogP contribution in [-0.4, -0.2) is 14.1 Å². The Morgan fingerprint density at radius 1 is 0.387 bits per heavy atom. The number of imidazole rings is 1. The van der Waals surface area contributed by atoms with E-state index in [1.165, 1.54) is 21.9 Å². The molecule has 0 spiro atoms. The van der Waals surface area contributed by atoms with Crippen LogP contribution in [0.15, 0.2) is 237 Å². The molecule has 0 saturated heterocycles. The minimum atomic E-state index is 0.921. The first-order chi connectivity index (χ1) is 30.7. The molecule has 0 bridgehead atoms. The van der Waals surface area contributed by atoms with Gasteiger partial charge in [-0.15, -0.1) is 0 Å². The van der Waals surface area contributed by atoms with E-state index in [2.05, 4.69) is 258 Å². The van der Waals surface area contributed by atoms with E-state index < -0.39 is 0 Å². The highest BCUT2D eigenvalue weighted by molar-refractivity contribution is 6.16. The van der Waals surface area contributed by atoms with Crippen LogP contribution in [0.5, 0.6) is 0 Å². The number of benzene rings is 9. The van der Waals surface area contributed by atoms with Gasteiger partial charge in [0.1, 0.15) is 5.82 Å². The third-order valence-electron chi connectivity index (χ3n) is 11.9. The Bertz CT molecular complexity index is 3260. The summed E-state index contributed by atoms with van der Waals surface area (Å²) in [6.07, 6.45) is 0.